The van der Waals surface area contributed by atoms with E-state index in [1.165, 1.54) is 12.1 Å². The summed E-state index contributed by atoms with van der Waals surface area (Å²) in [6.07, 6.45) is 0.830. The molecule has 0 aliphatic carbocycles. The highest BCUT2D eigenvalue weighted by atomic mass is 19.1. The van der Waals surface area contributed by atoms with E-state index in [0.717, 1.165) is 18.7 Å². The second-order valence-electron chi connectivity index (χ2n) is 3.33. The first-order valence-corrected chi connectivity index (χ1v) is 5.09. The lowest BCUT2D eigenvalue weighted by Gasteiger charge is -2.23. The molecule has 4 heteroatoms. The molecule has 0 fully saturated rings. The molecule has 0 saturated carbocycles. The highest BCUT2D eigenvalue weighted by Crippen LogP contribution is 2.15. The topological polar surface area (TPSA) is 49.5 Å². The molecule has 0 aliphatic rings. The van der Waals surface area contributed by atoms with Crippen molar-refractivity contribution in [3.05, 3.63) is 30.1 Å². The van der Waals surface area contributed by atoms with Crippen LogP contribution in [0.15, 0.2) is 24.3 Å². The van der Waals surface area contributed by atoms with Gasteiger partial charge in [0.15, 0.2) is 0 Å². The normalized spacial score (nSPS) is 10.3. The van der Waals surface area contributed by atoms with Crippen LogP contribution in [0, 0.1) is 5.82 Å². The predicted octanol–water partition coefficient (Wildman–Crippen LogP) is 0.973. The van der Waals surface area contributed by atoms with Crippen molar-refractivity contribution in [3.8, 4) is 0 Å². The molecule has 0 spiro atoms. The Morgan fingerprint density at radius 3 is 2.73 bits per heavy atom. The largest absolute Gasteiger partial charge is 0.395 e. The number of nitrogens with zero attached hydrogens (tertiary/aromatic N) is 1. The van der Waals surface area contributed by atoms with Crippen LogP contribution >= 0.6 is 0 Å². The minimum atomic E-state index is -0.261. The Balaban J connectivity index is 2.69. The Morgan fingerprint density at radius 1 is 1.33 bits per heavy atom. The van der Waals surface area contributed by atoms with Gasteiger partial charge < -0.3 is 15.7 Å². The van der Waals surface area contributed by atoms with Crippen LogP contribution < -0.4 is 10.6 Å². The van der Waals surface area contributed by atoms with Crippen molar-refractivity contribution in [2.24, 2.45) is 5.73 Å². The lowest BCUT2D eigenvalue weighted by atomic mass is 10.2. The van der Waals surface area contributed by atoms with Gasteiger partial charge in [-0.2, -0.15) is 0 Å². The summed E-state index contributed by atoms with van der Waals surface area (Å²) in [5.41, 5.74) is 6.21. The Hall–Kier alpha value is -1.13. The zero-order valence-corrected chi connectivity index (χ0v) is 8.69. The van der Waals surface area contributed by atoms with Crippen LogP contribution in [0.4, 0.5) is 10.1 Å². The quantitative estimate of drug-likeness (QED) is 0.739. The number of aliphatic hydroxyl groups excluding tert-OH is 1. The Kier molecular flexibility index (Phi) is 5.07. The van der Waals surface area contributed by atoms with Crippen molar-refractivity contribution in [1.29, 1.82) is 0 Å². The van der Waals surface area contributed by atoms with E-state index < -0.39 is 0 Å². The third kappa shape index (κ3) is 3.85. The summed E-state index contributed by atoms with van der Waals surface area (Å²) in [5.74, 6) is -0.261. The summed E-state index contributed by atoms with van der Waals surface area (Å²) in [5, 5.41) is 8.90. The van der Waals surface area contributed by atoms with Crippen LogP contribution in [0.5, 0.6) is 0 Å². The fraction of sp³-hybridized carbons (Fsp3) is 0.455. The van der Waals surface area contributed by atoms with E-state index >= 15 is 0 Å². The van der Waals surface area contributed by atoms with Gasteiger partial charge in [0.2, 0.25) is 0 Å². The van der Waals surface area contributed by atoms with Crippen molar-refractivity contribution < 1.29 is 9.50 Å². The SMILES string of the molecule is NCCCN(CCO)c1cccc(F)c1. The third-order valence-electron chi connectivity index (χ3n) is 2.18. The molecule has 0 unspecified atom stereocenters. The van der Waals surface area contributed by atoms with E-state index in [-0.39, 0.29) is 12.4 Å². The van der Waals surface area contributed by atoms with Gasteiger partial charge in [0.05, 0.1) is 6.61 Å². The van der Waals surface area contributed by atoms with Gasteiger partial charge in [0.1, 0.15) is 5.82 Å². The second-order valence-corrected chi connectivity index (χ2v) is 3.33. The number of benzene rings is 1. The van der Waals surface area contributed by atoms with Crippen molar-refractivity contribution in [2.45, 2.75) is 6.42 Å². The monoisotopic (exact) mass is 212 g/mol. The summed E-state index contributed by atoms with van der Waals surface area (Å²) in [6.45, 7) is 1.89. The minimum absolute atomic E-state index is 0.0566. The van der Waals surface area contributed by atoms with Gasteiger partial charge in [-0.05, 0) is 31.2 Å². The van der Waals surface area contributed by atoms with Gasteiger partial charge in [-0.1, -0.05) is 6.07 Å². The lowest BCUT2D eigenvalue weighted by Crippen LogP contribution is -2.29. The first-order valence-electron chi connectivity index (χ1n) is 5.09. The molecule has 3 nitrogen and oxygen atoms in total. The molecule has 0 saturated heterocycles. The molecule has 0 atom stereocenters. The average Bonchev–Trinajstić information content (AvgIpc) is 2.24. The van der Waals surface area contributed by atoms with Gasteiger partial charge in [0, 0.05) is 18.8 Å². The number of rotatable bonds is 6. The van der Waals surface area contributed by atoms with Gasteiger partial charge in [-0.3, -0.25) is 0 Å². The first kappa shape index (κ1) is 11.9. The van der Waals surface area contributed by atoms with Crippen molar-refractivity contribution in [2.75, 3.05) is 31.1 Å². The van der Waals surface area contributed by atoms with Crippen molar-refractivity contribution in [3.63, 3.8) is 0 Å². The Labute approximate surface area is 89.3 Å². The number of aliphatic hydroxyl groups is 1. The van der Waals surface area contributed by atoms with Crippen LogP contribution in [0.2, 0.25) is 0 Å². The van der Waals surface area contributed by atoms with E-state index in [1.807, 2.05) is 11.0 Å². The molecule has 0 aromatic heterocycles. The van der Waals surface area contributed by atoms with Crippen molar-refractivity contribution in [1.82, 2.24) is 0 Å². The highest BCUT2D eigenvalue weighted by Gasteiger charge is 2.05. The molecule has 0 amide bonds. The number of anilines is 1. The average molecular weight is 212 g/mol. The minimum Gasteiger partial charge on any atom is -0.395 e. The molecule has 1 rings (SSSR count). The second kappa shape index (κ2) is 6.37. The molecule has 3 N–H and O–H groups in total. The summed E-state index contributed by atoms with van der Waals surface area (Å²) in [7, 11) is 0. The zero-order valence-electron chi connectivity index (χ0n) is 8.69. The first-order chi connectivity index (χ1) is 7.27. The maximum Gasteiger partial charge on any atom is 0.125 e. The van der Waals surface area contributed by atoms with Crippen LogP contribution in [0.25, 0.3) is 0 Å². The molecule has 1 aromatic carbocycles. The Bertz CT molecular complexity index is 294. The molecule has 15 heavy (non-hydrogen) atoms. The smallest absolute Gasteiger partial charge is 0.125 e. The third-order valence-corrected chi connectivity index (χ3v) is 2.18. The van der Waals surface area contributed by atoms with Crippen molar-refractivity contribution >= 4 is 5.69 Å². The zero-order chi connectivity index (χ0) is 11.1. The van der Waals surface area contributed by atoms with E-state index in [9.17, 15) is 4.39 Å². The molecule has 84 valence electrons. The van der Waals surface area contributed by atoms with Gasteiger partial charge >= 0.3 is 0 Å². The van der Waals surface area contributed by atoms with Gasteiger partial charge in [0.25, 0.3) is 0 Å². The summed E-state index contributed by atoms with van der Waals surface area (Å²) >= 11 is 0. The van der Waals surface area contributed by atoms with E-state index in [1.54, 1.807) is 6.07 Å². The summed E-state index contributed by atoms with van der Waals surface area (Å²) in [4.78, 5) is 1.93. The van der Waals surface area contributed by atoms with Crippen LogP contribution in [-0.4, -0.2) is 31.3 Å². The standard InChI is InChI=1S/C11H17FN2O/c12-10-3-1-4-11(9-10)14(7-8-15)6-2-5-13/h1,3-4,9,15H,2,5-8,13H2. The highest BCUT2D eigenvalue weighted by molar-refractivity contribution is 5.46. The number of halogens is 1. The summed E-state index contributed by atoms with van der Waals surface area (Å²) < 4.78 is 13.0. The molecule has 0 heterocycles. The van der Waals surface area contributed by atoms with E-state index in [0.29, 0.717) is 13.1 Å². The Morgan fingerprint density at radius 2 is 2.13 bits per heavy atom. The summed E-state index contributed by atoms with van der Waals surface area (Å²) in [6, 6.07) is 6.36. The molecule has 0 bridgehead atoms. The molecule has 0 aliphatic heterocycles. The maximum absolute atomic E-state index is 13.0. The van der Waals surface area contributed by atoms with Crippen LogP contribution in [-0.2, 0) is 0 Å². The van der Waals surface area contributed by atoms with Crippen LogP contribution in [0.1, 0.15) is 6.42 Å². The van der Waals surface area contributed by atoms with E-state index in [4.69, 9.17) is 10.8 Å². The lowest BCUT2D eigenvalue weighted by molar-refractivity contribution is 0.301. The molecular formula is C11H17FN2O. The van der Waals surface area contributed by atoms with Crippen LogP contribution in [0.3, 0.4) is 0 Å². The van der Waals surface area contributed by atoms with Gasteiger partial charge in [-0.25, -0.2) is 4.39 Å². The fourth-order valence-electron chi connectivity index (χ4n) is 1.45. The number of hydrogen-bond donors (Lipinski definition) is 2. The van der Waals surface area contributed by atoms with Gasteiger partial charge in [-0.15, -0.1) is 0 Å². The maximum atomic E-state index is 13.0. The predicted molar refractivity (Wildman–Crippen MR) is 59.4 cm³/mol. The number of hydrogen-bond acceptors (Lipinski definition) is 3. The fourth-order valence-corrected chi connectivity index (χ4v) is 1.45. The molecule has 1 aromatic rings. The molecular weight excluding hydrogens is 195 g/mol. The number of nitrogens with two attached hydrogens (primary N) is 1. The molecule has 0 radical (unpaired) electrons. The van der Waals surface area contributed by atoms with E-state index in [2.05, 4.69) is 0 Å².